The summed E-state index contributed by atoms with van der Waals surface area (Å²) in [4.78, 5) is 0. The minimum absolute atomic E-state index is 0.202. The first-order chi connectivity index (χ1) is 8.67. The molecule has 18 heavy (non-hydrogen) atoms. The largest absolute Gasteiger partial charge is 0.385 e. The molecule has 0 saturated carbocycles. The van der Waals surface area contributed by atoms with E-state index in [1.165, 1.54) is 5.69 Å². The summed E-state index contributed by atoms with van der Waals surface area (Å²) in [7, 11) is 1.70. The van der Waals surface area contributed by atoms with E-state index < -0.39 is 0 Å². The van der Waals surface area contributed by atoms with E-state index in [-0.39, 0.29) is 6.04 Å². The van der Waals surface area contributed by atoms with Gasteiger partial charge >= 0.3 is 0 Å². The van der Waals surface area contributed by atoms with E-state index in [0.717, 1.165) is 36.0 Å². The topological polar surface area (TPSA) is 65.1 Å². The highest BCUT2D eigenvalue weighted by Crippen LogP contribution is 2.23. The number of aromatic nitrogens is 2. The van der Waals surface area contributed by atoms with Crippen molar-refractivity contribution in [3.63, 3.8) is 0 Å². The number of nitrogens with two attached hydrogens (primary N) is 1. The molecule has 3 N–H and O–H groups in total. The Bertz CT molecular complexity index is 367. The Morgan fingerprint density at radius 3 is 2.72 bits per heavy atom. The molecule has 5 nitrogen and oxygen atoms in total. The number of nitrogens with zero attached hydrogens (tertiary/aromatic N) is 2. The Hall–Kier alpha value is -0.430. The van der Waals surface area contributed by atoms with Crippen molar-refractivity contribution in [2.75, 3.05) is 13.7 Å². The molecule has 1 atom stereocenters. The van der Waals surface area contributed by atoms with Crippen LogP contribution >= 0.6 is 15.9 Å². The van der Waals surface area contributed by atoms with Crippen molar-refractivity contribution in [1.29, 1.82) is 0 Å². The average Bonchev–Trinajstić information content (AvgIpc) is 2.70. The third kappa shape index (κ3) is 3.78. The Labute approximate surface area is 117 Å². The zero-order valence-electron chi connectivity index (χ0n) is 11.4. The smallest absolute Gasteiger partial charge is 0.0766 e. The number of aryl methyl sites for hydroxylation is 2. The van der Waals surface area contributed by atoms with Gasteiger partial charge in [0, 0.05) is 32.7 Å². The normalized spacial score (nSPS) is 12.9. The van der Waals surface area contributed by atoms with E-state index in [9.17, 15) is 0 Å². The van der Waals surface area contributed by atoms with Gasteiger partial charge in [0.1, 0.15) is 0 Å². The molecule has 1 heterocycles. The number of nitrogens with one attached hydrogen (secondary N) is 1. The number of hydrogen-bond donors (Lipinski definition) is 2. The Morgan fingerprint density at radius 1 is 1.50 bits per heavy atom. The molecular weight excluding hydrogens is 296 g/mol. The first-order valence-electron chi connectivity index (χ1n) is 6.36. The fourth-order valence-corrected chi connectivity index (χ4v) is 2.68. The molecule has 0 fully saturated rings. The minimum atomic E-state index is 0.202. The van der Waals surface area contributed by atoms with Crippen LogP contribution in [0.5, 0.6) is 0 Å². The van der Waals surface area contributed by atoms with Crippen molar-refractivity contribution in [1.82, 2.24) is 15.2 Å². The first-order valence-corrected chi connectivity index (χ1v) is 7.16. The first kappa shape index (κ1) is 15.6. The lowest BCUT2D eigenvalue weighted by molar-refractivity contribution is 0.182. The van der Waals surface area contributed by atoms with Crippen LogP contribution < -0.4 is 11.3 Å². The maximum Gasteiger partial charge on any atom is 0.0766 e. The van der Waals surface area contributed by atoms with Crippen LogP contribution in [0.25, 0.3) is 0 Å². The van der Waals surface area contributed by atoms with E-state index >= 15 is 0 Å². The molecule has 0 aromatic carbocycles. The summed E-state index contributed by atoms with van der Waals surface area (Å²) >= 11 is 3.65. The van der Waals surface area contributed by atoms with E-state index in [2.05, 4.69) is 40.3 Å². The van der Waals surface area contributed by atoms with Gasteiger partial charge in [0.15, 0.2) is 0 Å². The van der Waals surface area contributed by atoms with Crippen LogP contribution in [0.15, 0.2) is 4.47 Å². The summed E-state index contributed by atoms with van der Waals surface area (Å²) in [5.41, 5.74) is 5.16. The monoisotopic (exact) mass is 318 g/mol. The maximum absolute atomic E-state index is 5.59. The second kappa shape index (κ2) is 7.89. The molecule has 0 aliphatic heterocycles. The molecule has 1 unspecified atom stereocenters. The van der Waals surface area contributed by atoms with Gasteiger partial charge in [-0.3, -0.25) is 16.0 Å². The Balaban J connectivity index is 2.83. The molecule has 0 aliphatic carbocycles. The minimum Gasteiger partial charge on any atom is -0.385 e. The second-order valence-electron chi connectivity index (χ2n) is 4.23. The molecule has 0 amide bonds. The third-order valence-electron chi connectivity index (χ3n) is 3.04. The summed E-state index contributed by atoms with van der Waals surface area (Å²) < 4.78 is 8.25. The van der Waals surface area contributed by atoms with Crippen molar-refractivity contribution in [3.05, 3.63) is 15.9 Å². The van der Waals surface area contributed by atoms with Crippen LogP contribution in [-0.2, 0) is 24.1 Å². The lowest BCUT2D eigenvalue weighted by Crippen LogP contribution is -2.38. The highest BCUT2D eigenvalue weighted by atomic mass is 79.9. The van der Waals surface area contributed by atoms with Gasteiger partial charge in [-0.15, -0.1) is 0 Å². The van der Waals surface area contributed by atoms with Crippen molar-refractivity contribution < 1.29 is 4.74 Å². The predicted octanol–water partition coefficient (Wildman–Crippen LogP) is 1.64. The lowest BCUT2D eigenvalue weighted by Gasteiger charge is -2.16. The number of rotatable bonds is 8. The number of hydrazine groups is 1. The summed E-state index contributed by atoms with van der Waals surface area (Å²) in [6.45, 7) is 5.78. The van der Waals surface area contributed by atoms with E-state index in [1.54, 1.807) is 7.11 Å². The van der Waals surface area contributed by atoms with Crippen molar-refractivity contribution >= 4 is 15.9 Å². The summed E-state index contributed by atoms with van der Waals surface area (Å²) in [6, 6.07) is 0.202. The molecule has 104 valence electrons. The Kier molecular flexibility index (Phi) is 6.85. The van der Waals surface area contributed by atoms with Crippen LogP contribution in [-0.4, -0.2) is 29.5 Å². The summed E-state index contributed by atoms with van der Waals surface area (Å²) in [5, 5.41) is 4.58. The lowest BCUT2D eigenvalue weighted by atomic mass is 10.1. The van der Waals surface area contributed by atoms with Gasteiger partial charge < -0.3 is 4.74 Å². The number of ether oxygens (including phenoxy) is 1. The highest BCUT2D eigenvalue weighted by Gasteiger charge is 2.17. The standard InChI is InChI=1S/C12H23BrN4O/c1-4-10-12(13)11(17(5-2)16-10)8-9(15-14)6-7-18-3/h9,15H,4-8,14H2,1-3H3. The fraction of sp³-hybridized carbons (Fsp3) is 0.750. The Morgan fingerprint density at radius 2 is 2.22 bits per heavy atom. The van der Waals surface area contributed by atoms with Gasteiger partial charge in [0.05, 0.1) is 15.9 Å². The summed E-state index contributed by atoms with van der Waals surface area (Å²) in [6.07, 6.45) is 2.66. The second-order valence-corrected chi connectivity index (χ2v) is 5.02. The van der Waals surface area contributed by atoms with Gasteiger partial charge in [-0.05, 0) is 35.7 Å². The molecular formula is C12H23BrN4O. The van der Waals surface area contributed by atoms with E-state index in [4.69, 9.17) is 10.6 Å². The van der Waals surface area contributed by atoms with Crippen molar-refractivity contribution in [2.24, 2.45) is 5.84 Å². The SMILES string of the molecule is CCc1nn(CC)c(CC(CCOC)NN)c1Br. The number of methoxy groups -OCH3 is 1. The van der Waals surface area contributed by atoms with Crippen LogP contribution in [0, 0.1) is 0 Å². The van der Waals surface area contributed by atoms with Crippen molar-refractivity contribution in [3.8, 4) is 0 Å². The molecule has 0 spiro atoms. The van der Waals surface area contributed by atoms with Crippen LogP contribution in [0.2, 0.25) is 0 Å². The zero-order chi connectivity index (χ0) is 13.5. The molecule has 0 saturated heterocycles. The molecule has 1 aromatic rings. The predicted molar refractivity (Wildman–Crippen MR) is 76.3 cm³/mol. The molecule has 1 aromatic heterocycles. The number of hydrogen-bond acceptors (Lipinski definition) is 4. The number of halogens is 1. The summed E-state index contributed by atoms with van der Waals surface area (Å²) in [5.74, 6) is 5.59. The van der Waals surface area contributed by atoms with Gasteiger partial charge in [0.2, 0.25) is 0 Å². The molecule has 6 heteroatoms. The molecule has 0 bridgehead atoms. The van der Waals surface area contributed by atoms with Gasteiger partial charge in [-0.2, -0.15) is 5.10 Å². The molecule has 0 aliphatic rings. The fourth-order valence-electron chi connectivity index (χ4n) is 1.95. The van der Waals surface area contributed by atoms with Crippen LogP contribution in [0.1, 0.15) is 31.7 Å². The van der Waals surface area contributed by atoms with Gasteiger partial charge in [-0.25, -0.2) is 0 Å². The zero-order valence-corrected chi connectivity index (χ0v) is 13.0. The quantitative estimate of drug-likeness (QED) is 0.565. The molecule has 0 radical (unpaired) electrons. The highest BCUT2D eigenvalue weighted by molar-refractivity contribution is 9.10. The van der Waals surface area contributed by atoms with E-state index in [0.29, 0.717) is 6.61 Å². The average molecular weight is 319 g/mol. The maximum atomic E-state index is 5.59. The molecule has 1 rings (SSSR count). The van der Waals surface area contributed by atoms with Gasteiger partial charge in [-0.1, -0.05) is 6.92 Å². The van der Waals surface area contributed by atoms with E-state index in [1.807, 2.05) is 4.68 Å². The van der Waals surface area contributed by atoms with Crippen LogP contribution in [0.3, 0.4) is 0 Å². The van der Waals surface area contributed by atoms with Crippen molar-refractivity contribution in [2.45, 2.75) is 45.7 Å². The van der Waals surface area contributed by atoms with Gasteiger partial charge in [0.25, 0.3) is 0 Å². The third-order valence-corrected chi connectivity index (χ3v) is 3.96. The van der Waals surface area contributed by atoms with Crippen LogP contribution in [0.4, 0.5) is 0 Å².